The first-order valence-electron chi connectivity index (χ1n) is 18.4. The van der Waals surface area contributed by atoms with Crippen LogP contribution in [0.1, 0.15) is 219 Å². The van der Waals surface area contributed by atoms with Gasteiger partial charge in [0.2, 0.25) is 8.61 Å². The van der Waals surface area contributed by atoms with E-state index in [1.54, 1.807) is 0 Å². The van der Waals surface area contributed by atoms with Crippen LogP contribution in [0, 0.1) is 0 Å². The predicted octanol–water partition coefficient (Wildman–Crippen LogP) is 14.0. The van der Waals surface area contributed by atoms with E-state index < -0.39 is 0 Å². The number of hydrogen-bond acceptors (Lipinski definition) is 1. The number of hydrogen-bond donors (Lipinski definition) is 0. The van der Waals surface area contributed by atoms with Crippen LogP contribution in [0.2, 0.25) is 0 Å². The molecule has 0 saturated carbocycles. The Kier molecular flexibility index (Phi) is 36.1. The second kappa shape index (κ2) is 36.1. The molecule has 3 heteroatoms. The van der Waals surface area contributed by atoms with Gasteiger partial charge in [-0.2, -0.15) is 0 Å². The third-order valence-corrected chi connectivity index (χ3v) is 9.29. The van der Waals surface area contributed by atoms with E-state index in [2.05, 4.69) is 18.5 Å². The maximum Gasteiger partial charge on any atom is 0.248 e. The molecule has 0 aliphatic heterocycles. The Balaban J connectivity index is 3.25. The zero-order valence-electron chi connectivity index (χ0n) is 27.3. The molecule has 0 N–H and O–H groups in total. The van der Waals surface area contributed by atoms with Crippen molar-refractivity contribution in [3.63, 3.8) is 0 Å². The van der Waals surface area contributed by atoms with Gasteiger partial charge in [0.05, 0.1) is 0 Å². The van der Waals surface area contributed by atoms with Crippen molar-refractivity contribution in [2.45, 2.75) is 219 Å². The molecule has 39 heavy (non-hydrogen) atoms. The Morgan fingerprint density at radius 3 is 0.667 bits per heavy atom. The highest BCUT2D eigenvalue weighted by Crippen LogP contribution is 2.17. The first-order valence-corrected chi connectivity index (χ1v) is 19.2. The van der Waals surface area contributed by atoms with Gasteiger partial charge in [0.25, 0.3) is 0 Å². The third-order valence-electron chi connectivity index (χ3n) is 8.66. The van der Waals surface area contributed by atoms with Crippen molar-refractivity contribution in [3.05, 3.63) is 0 Å². The number of rotatable bonds is 35. The van der Waals surface area contributed by atoms with Gasteiger partial charge in [-0.25, -0.2) is 4.67 Å². The normalized spacial score (nSPS) is 11.8. The highest BCUT2D eigenvalue weighted by Gasteiger charge is 2.04. The molecule has 0 radical (unpaired) electrons. The first-order chi connectivity index (χ1) is 19.3. The molecule has 0 rings (SSSR count). The van der Waals surface area contributed by atoms with Crippen LogP contribution in [0.5, 0.6) is 0 Å². The predicted molar refractivity (Wildman–Crippen MR) is 178 cm³/mol. The zero-order chi connectivity index (χ0) is 28.3. The van der Waals surface area contributed by atoms with E-state index in [9.17, 15) is 4.57 Å². The van der Waals surface area contributed by atoms with Crippen molar-refractivity contribution in [3.8, 4) is 0 Å². The van der Waals surface area contributed by atoms with E-state index in [0.717, 1.165) is 13.1 Å². The van der Waals surface area contributed by atoms with E-state index in [1.165, 1.54) is 205 Å². The summed E-state index contributed by atoms with van der Waals surface area (Å²) in [6.07, 6.45) is 45.1. The summed E-state index contributed by atoms with van der Waals surface area (Å²) in [6.45, 7) is 6.63. The fraction of sp³-hybridized carbons (Fsp3) is 1.00. The summed E-state index contributed by atoms with van der Waals surface area (Å²) in [5, 5.41) is 0. The lowest BCUT2D eigenvalue weighted by atomic mass is 10.0. The molecule has 2 nitrogen and oxygen atoms in total. The Morgan fingerprint density at radius 2 is 0.487 bits per heavy atom. The topological polar surface area (TPSA) is 20.3 Å². The maximum absolute atomic E-state index is 11.5. The Bertz CT molecular complexity index is 408. The molecule has 0 amide bonds. The minimum atomic E-state index is 0.241. The summed E-state index contributed by atoms with van der Waals surface area (Å²) >= 11 is 0. The molecule has 0 heterocycles. The van der Waals surface area contributed by atoms with Gasteiger partial charge in [-0.3, -0.25) is 4.57 Å². The molecule has 0 aromatic heterocycles. The van der Waals surface area contributed by atoms with Crippen LogP contribution < -0.4 is 0 Å². The monoisotopic (exact) mass is 568 g/mol. The summed E-state index contributed by atoms with van der Waals surface area (Å²) in [4.78, 5) is 0. The van der Waals surface area contributed by atoms with Gasteiger partial charge in [-0.1, -0.05) is 206 Å². The second-order valence-electron chi connectivity index (χ2n) is 12.6. The molecule has 0 unspecified atom stereocenters. The van der Waals surface area contributed by atoms with Gasteiger partial charge in [-0.15, -0.1) is 0 Å². The third kappa shape index (κ3) is 34.2. The quantitative estimate of drug-likeness (QED) is 0.0560. The molecule has 0 fully saturated rings. The SMILES string of the molecule is CCCCCCCCCCCCCCCCCCN(CCCCCCCCCCCCCCCCCC)P=O. The van der Waals surface area contributed by atoms with Gasteiger partial charge in [0, 0.05) is 13.1 Å². The molecule has 234 valence electrons. The fourth-order valence-electron chi connectivity index (χ4n) is 5.88. The molecule has 0 aromatic rings. The van der Waals surface area contributed by atoms with Gasteiger partial charge >= 0.3 is 0 Å². The summed E-state index contributed by atoms with van der Waals surface area (Å²) in [5.74, 6) is 0. The van der Waals surface area contributed by atoms with E-state index in [4.69, 9.17) is 0 Å². The first kappa shape index (κ1) is 39.1. The average molecular weight is 568 g/mol. The summed E-state index contributed by atoms with van der Waals surface area (Å²) in [5.41, 5.74) is 0. The van der Waals surface area contributed by atoms with Gasteiger partial charge in [-0.05, 0) is 12.8 Å². The van der Waals surface area contributed by atoms with Crippen LogP contribution in [0.15, 0.2) is 0 Å². The standard InChI is InChI=1S/C36H74NOP/c1-3-5-7-9-11-13-15-17-19-21-23-25-27-29-31-33-35-37(39-38)36-34-32-30-28-26-24-22-20-18-16-14-12-10-8-6-4-2/h3-36H2,1-2H3. The Labute approximate surface area is 249 Å². The number of nitrogens with zero attached hydrogens (tertiary/aromatic N) is 1. The molecule has 0 aromatic carbocycles. The molecular formula is C36H74NOP. The van der Waals surface area contributed by atoms with Crippen molar-refractivity contribution < 1.29 is 4.57 Å². The molecule has 0 saturated heterocycles. The molecular weight excluding hydrogens is 493 g/mol. The smallest absolute Gasteiger partial charge is 0.248 e. The highest BCUT2D eigenvalue weighted by molar-refractivity contribution is 7.20. The Hall–Kier alpha value is 0.0600. The van der Waals surface area contributed by atoms with Crippen LogP contribution in [0.25, 0.3) is 0 Å². The largest absolute Gasteiger partial charge is 0.256 e. The molecule has 0 bridgehead atoms. The van der Waals surface area contributed by atoms with Gasteiger partial charge < -0.3 is 0 Å². The molecule has 0 atom stereocenters. The zero-order valence-corrected chi connectivity index (χ0v) is 28.2. The van der Waals surface area contributed by atoms with E-state index in [0.29, 0.717) is 0 Å². The van der Waals surface area contributed by atoms with Gasteiger partial charge in [0.1, 0.15) is 0 Å². The second-order valence-corrected chi connectivity index (χ2v) is 13.4. The minimum Gasteiger partial charge on any atom is -0.256 e. The lowest BCUT2D eigenvalue weighted by Crippen LogP contribution is -2.15. The van der Waals surface area contributed by atoms with Crippen molar-refractivity contribution in [1.29, 1.82) is 0 Å². The minimum absolute atomic E-state index is 0.241. The lowest BCUT2D eigenvalue weighted by molar-refractivity contribution is 0.401. The number of unbranched alkanes of at least 4 members (excludes halogenated alkanes) is 30. The van der Waals surface area contributed by atoms with E-state index >= 15 is 0 Å². The summed E-state index contributed by atoms with van der Waals surface area (Å²) in [7, 11) is 0.241. The summed E-state index contributed by atoms with van der Waals surface area (Å²) < 4.78 is 13.6. The molecule has 0 spiro atoms. The average Bonchev–Trinajstić information content (AvgIpc) is 2.95. The van der Waals surface area contributed by atoms with Crippen molar-refractivity contribution >= 4 is 8.61 Å². The van der Waals surface area contributed by atoms with Gasteiger partial charge in [0.15, 0.2) is 0 Å². The molecule has 0 aliphatic carbocycles. The van der Waals surface area contributed by atoms with Crippen molar-refractivity contribution in [2.24, 2.45) is 0 Å². The van der Waals surface area contributed by atoms with Crippen molar-refractivity contribution in [2.75, 3.05) is 13.1 Å². The molecule has 0 aliphatic rings. The summed E-state index contributed by atoms with van der Waals surface area (Å²) in [6, 6.07) is 0. The van der Waals surface area contributed by atoms with Crippen LogP contribution >= 0.6 is 8.61 Å². The lowest BCUT2D eigenvalue weighted by Gasteiger charge is -2.13. The van der Waals surface area contributed by atoms with Crippen LogP contribution in [0.4, 0.5) is 0 Å². The maximum atomic E-state index is 11.5. The van der Waals surface area contributed by atoms with Crippen LogP contribution in [0.3, 0.4) is 0 Å². The van der Waals surface area contributed by atoms with Crippen LogP contribution in [-0.4, -0.2) is 17.8 Å². The highest BCUT2D eigenvalue weighted by atomic mass is 31.1. The Morgan fingerprint density at radius 1 is 0.308 bits per heavy atom. The fourth-order valence-corrected chi connectivity index (χ4v) is 6.32. The van der Waals surface area contributed by atoms with E-state index in [1.807, 2.05) is 0 Å². The van der Waals surface area contributed by atoms with E-state index in [-0.39, 0.29) is 8.61 Å². The van der Waals surface area contributed by atoms with Crippen LogP contribution in [-0.2, 0) is 4.57 Å². The van der Waals surface area contributed by atoms with Crippen molar-refractivity contribution in [1.82, 2.24) is 4.67 Å².